The van der Waals surface area contributed by atoms with Crippen LogP contribution in [0.3, 0.4) is 0 Å². The Morgan fingerprint density at radius 2 is 1.61 bits per heavy atom. The van der Waals surface area contributed by atoms with Crippen molar-refractivity contribution in [2.24, 2.45) is 35.0 Å². The number of carbonyl (C=O) groups is 2. The highest BCUT2D eigenvalue weighted by Crippen LogP contribution is 2.49. The van der Waals surface area contributed by atoms with Crippen molar-refractivity contribution in [2.45, 2.75) is 156 Å². The fourth-order valence-electron chi connectivity index (χ4n) is 10.1. The number of benzene rings is 1. The van der Waals surface area contributed by atoms with Gasteiger partial charge in [-0.3, -0.25) is 14.6 Å². The predicted octanol–water partition coefficient (Wildman–Crippen LogP) is 7.58. The van der Waals surface area contributed by atoms with E-state index < -0.39 is 77.3 Å². The van der Waals surface area contributed by atoms with E-state index in [1.165, 1.54) is 0 Å². The van der Waals surface area contributed by atoms with Gasteiger partial charge in [0.1, 0.15) is 23.6 Å². The number of esters is 1. The van der Waals surface area contributed by atoms with E-state index in [1.807, 2.05) is 70.2 Å². The Kier molecular flexibility index (Phi) is 15.4. The van der Waals surface area contributed by atoms with Gasteiger partial charge in [-0.05, 0) is 82.4 Å². The molecule has 1 aromatic carbocycles. The maximum Gasteiger partial charge on any atom is 0.311 e. The highest BCUT2D eigenvalue weighted by Gasteiger charge is 2.54. The fourth-order valence-corrected chi connectivity index (χ4v) is 10.1. The number of rotatable bonds is 9. The number of aliphatic hydroxyl groups excluding tert-OH is 1. The number of carbonyl (C=O) groups excluding carboxylic acids is 2. The number of cyclic esters (lactones) is 1. The maximum absolute atomic E-state index is 14.6. The summed E-state index contributed by atoms with van der Waals surface area (Å²) in [6.07, 6.45) is 1.27. The summed E-state index contributed by atoms with van der Waals surface area (Å²) in [6, 6.07) is 9.91. The molecule has 2 aliphatic rings. The van der Waals surface area contributed by atoms with Gasteiger partial charge in [0.2, 0.25) is 0 Å². The Morgan fingerprint density at radius 3 is 2.23 bits per heavy atom. The lowest BCUT2D eigenvalue weighted by atomic mass is 9.60. The van der Waals surface area contributed by atoms with E-state index in [0.717, 1.165) is 16.5 Å². The molecule has 0 spiro atoms. The average molecular weight is 798 g/mol. The monoisotopic (exact) mass is 798 g/mol. The van der Waals surface area contributed by atoms with Crippen molar-refractivity contribution in [3.8, 4) is 0 Å². The number of methoxy groups -OCH3 is 2. The van der Waals surface area contributed by atoms with Crippen LogP contribution < -0.4 is 0 Å². The number of nitrogens with zero attached hydrogens (tertiary/aromatic N) is 1. The summed E-state index contributed by atoms with van der Waals surface area (Å²) in [4.78, 5) is 33.6. The summed E-state index contributed by atoms with van der Waals surface area (Å²) in [5.41, 5.74) is -2.17. The molecule has 0 saturated carbocycles. The molecule has 57 heavy (non-hydrogen) atoms. The number of fused-ring (bicyclic) bond motifs is 1. The third kappa shape index (κ3) is 10.3. The van der Waals surface area contributed by atoms with E-state index in [4.69, 9.17) is 28.4 Å². The Morgan fingerprint density at radius 1 is 0.965 bits per heavy atom. The lowest BCUT2D eigenvalue weighted by molar-refractivity contribution is -0.300. The number of ketones is 1. The largest absolute Gasteiger partial charge is 0.459 e. The molecule has 2 fully saturated rings. The van der Waals surface area contributed by atoms with Gasteiger partial charge >= 0.3 is 5.97 Å². The molecule has 0 aliphatic carbocycles. The second-order valence-corrected chi connectivity index (χ2v) is 18.5. The van der Waals surface area contributed by atoms with E-state index in [1.54, 1.807) is 48.1 Å². The van der Waals surface area contributed by atoms with Crippen molar-refractivity contribution in [1.82, 2.24) is 4.98 Å². The van der Waals surface area contributed by atoms with Crippen molar-refractivity contribution in [1.29, 1.82) is 0 Å². The molecule has 0 radical (unpaired) electrons. The van der Waals surface area contributed by atoms with Gasteiger partial charge in [-0.1, -0.05) is 78.8 Å². The van der Waals surface area contributed by atoms with Crippen LogP contribution in [0.1, 0.15) is 108 Å². The van der Waals surface area contributed by atoms with Gasteiger partial charge in [0, 0.05) is 44.1 Å². The van der Waals surface area contributed by atoms with Crippen molar-refractivity contribution < 1.29 is 48.2 Å². The van der Waals surface area contributed by atoms with Crippen LogP contribution >= 0.6 is 0 Å². The topological polar surface area (TPSA) is 143 Å². The third-order valence-corrected chi connectivity index (χ3v) is 13.0. The Balaban J connectivity index is 1.76. The molecule has 320 valence electrons. The minimum Gasteiger partial charge on any atom is -0.459 e. The smallest absolute Gasteiger partial charge is 0.311 e. The van der Waals surface area contributed by atoms with Crippen LogP contribution in [0.15, 0.2) is 42.6 Å². The van der Waals surface area contributed by atoms with Crippen LogP contribution in [0.2, 0.25) is 0 Å². The summed E-state index contributed by atoms with van der Waals surface area (Å²) in [5, 5.41) is 24.4. The molecule has 2 aromatic rings. The van der Waals surface area contributed by atoms with Crippen LogP contribution in [0.25, 0.3) is 17.0 Å². The summed E-state index contributed by atoms with van der Waals surface area (Å²) in [5.74, 6) is -3.30. The lowest BCUT2D eigenvalue weighted by Crippen LogP contribution is -2.59. The number of aliphatic hydroxyl groups is 2. The van der Waals surface area contributed by atoms with Gasteiger partial charge in [0.25, 0.3) is 0 Å². The van der Waals surface area contributed by atoms with Crippen LogP contribution in [0.5, 0.6) is 0 Å². The van der Waals surface area contributed by atoms with Gasteiger partial charge < -0.3 is 38.6 Å². The molecule has 14 atom stereocenters. The van der Waals surface area contributed by atoms with Crippen LogP contribution in [-0.2, 0) is 38.0 Å². The molecule has 1 aromatic heterocycles. The third-order valence-electron chi connectivity index (χ3n) is 13.0. The summed E-state index contributed by atoms with van der Waals surface area (Å²) in [6.45, 7) is 23.1. The Bertz CT molecular complexity index is 1690. The molecule has 3 heterocycles. The molecule has 2 saturated heterocycles. The minimum atomic E-state index is -1.76. The minimum absolute atomic E-state index is 0.0879. The van der Waals surface area contributed by atoms with Crippen LogP contribution in [0.4, 0.5) is 0 Å². The number of Topliss-reactive ketones (excluding diaryl/α,β-unsaturated/α-hetero) is 1. The van der Waals surface area contributed by atoms with E-state index in [9.17, 15) is 19.8 Å². The predicted molar refractivity (Wildman–Crippen MR) is 221 cm³/mol. The molecular weight excluding hydrogens is 727 g/mol. The van der Waals surface area contributed by atoms with Gasteiger partial charge in [0.15, 0.2) is 6.29 Å². The number of aromatic nitrogens is 1. The number of hydrogen-bond acceptors (Lipinski definition) is 11. The summed E-state index contributed by atoms with van der Waals surface area (Å²) in [7, 11) is 3.22. The number of ether oxygens (including phenoxy) is 6. The zero-order valence-electron chi connectivity index (χ0n) is 36.9. The molecule has 0 bridgehead atoms. The highest BCUT2D eigenvalue weighted by atomic mass is 16.7. The molecular formula is C46H71NO10. The van der Waals surface area contributed by atoms with E-state index in [-0.39, 0.29) is 42.5 Å². The molecule has 4 rings (SSSR count). The van der Waals surface area contributed by atoms with Gasteiger partial charge in [-0.25, -0.2) is 0 Å². The highest BCUT2D eigenvalue weighted by molar-refractivity contribution is 5.84. The fraction of sp³-hybridized carbons (Fsp3) is 0.717. The first-order valence-corrected chi connectivity index (χ1v) is 20.7. The van der Waals surface area contributed by atoms with Crippen LogP contribution in [0, 0.1) is 35.0 Å². The number of pyridine rings is 1. The molecule has 11 nitrogen and oxygen atoms in total. The van der Waals surface area contributed by atoms with Crippen molar-refractivity contribution >= 4 is 28.7 Å². The zero-order chi connectivity index (χ0) is 42.7. The van der Waals surface area contributed by atoms with E-state index in [2.05, 4.69) is 32.7 Å². The van der Waals surface area contributed by atoms with Crippen LogP contribution in [-0.4, -0.2) is 101 Å². The first kappa shape index (κ1) is 46.9. The summed E-state index contributed by atoms with van der Waals surface area (Å²) < 4.78 is 38.0. The standard InChI is InChI=1S/C46H71NO10/c1-15-35-46(12,51)41(54-22-18-19-32-23-33-20-16-17-21-34(33)47-26-32)28(3)37(48)27(2)24-44(10,52-13)39(43(7,8)9)29(4)38(30(5)42(50)56-35)57-36-25-45(11,53-14)40(49)31(6)55-36/h16-21,23,26-31,35-36,38-41,49,51H,15,22,24-25H2,1-14H3/b19-18+/t27-,28+,29+,30-,31+,35-,36+,38+,39+,40+,41-,44-,45-,46-/m1/s1. The second-order valence-electron chi connectivity index (χ2n) is 18.5. The molecule has 11 heteroatoms. The Labute approximate surface area is 341 Å². The maximum atomic E-state index is 14.6. The zero-order valence-corrected chi connectivity index (χ0v) is 36.9. The molecule has 0 unspecified atom stereocenters. The van der Waals surface area contributed by atoms with Gasteiger partial charge in [0.05, 0.1) is 47.6 Å². The lowest BCUT2D eigenvalue weighted by Gasteiger charge is -2.52. The number of hydrogen-bond donors (Lipinski definition) is 2. The first-order valence-electron chi connectivity index (χ1n) is 20.7. The normalized spacial score (nSPS) is 39.3. The van der Waals surface area contributed by atoms with Crippen molar-refractivity contribution in [3.63, 3.8) is 0 Å². The van der Waals surface area contributed by atoms with Crippen molar-refractivity contribution in [2.75, 3.05) is 20.8 Å². The quantitative estimate of drug-likeness (QED) is 0.243. The molecule has 0 amide bonds. The first-order chi connectivity index (χ1) is 26.5. The van der Waals surface area contributed by atoms with Crippen molar-refractivity contribution in [3.05, 3.63) is 48.2 Å². The van der Waals surface area contributed by atoms with E-state index in [0.29, 0.717) is 6.42 Å². The van der Waals surface area contributed by atoms with E-state index >= 15 is 0 Å². The molecule has 2 N–H and O–H groups in total. The van der Waals surface area contributed by atoms with Gasteiger partial charge in [-0.15, -0.1) is 0 Å². The van der Waals surface area contributed by atoms with Gasteiger partial charge in [-0.2, -0.15) is 0 Å². The Hall–Kier alpha value is -2.77. The second kappa shape index (κ2) is 18.7. The molecule has 2 aliphatic heterocycles. The SMILES string of the molecule is CC[C@H]1OC(=O)[C@H](C)[C@@H](O[C@H]2C[C@@](C)(OC)[C@@H](O)[C@H](C)O2)[C@H](C)[C@@H](C(C)(C)C)[C@](C)(OC)C[C@@H](C)C(=O)[C@H](C)[C@@H](OC/C=C/c2cnc3ccccc3c2)[C@]1(C)O. The average Bonchev–Trinajstić information content (AvgIpc) is 3.15. The number of para-hydroxylation sites is 1. The summed E-state index contributed by atoms with van der Waals surface area (Å²) >= 11 is 0.